The van der Waals surface area contributed by atoms with Crippen LogP contribution in [0.25, 0.3) is 0 Å². The Morgan fingerprint density at radius 3 is 2.76 bits per heavy atom. The monoisotopic (exact) mass is 260 g/mol. The first-order valence-electron chi connectivity index (χ1n) is 5.46. The molecule has 96 valence electrons. The van der Waals surface area contributed by atoms with Crippen LogP contribution in [0.15, 0.2) is 0 Å². The van der Waals surface area contributed by atoms with Crippen LogP contribution in [0.1, 0.15) is 19.3 Å². The maximum atomic E-state index is 11.5. The van der Waals surface area contributed by atoms with Crippen LogP contribution in [0.3, 0.4) is 0 Å². The Morgan fingerprint density at radius 1 is 1.53 bits per heavy atom. The Kier molecular flexibility index (Phi) is 5.43. The van der Waals surface area contributed by atoms with Gasteiger partial charge in [0, 0.05) is 25.9 Å². The van der Waals surface area contributed by atoms with E-state index in [1.165, 1.54) is 0 Å². The molecular weight excluding hydrogens is 244 g/mol. The van der Waals surface area contributed by atoms with Crippen molar-refractivity contribution in [3.05, 3.63) is 0 Å². The molecule has 6 nitrogen and oxygen atoms in total. The molecule has 1 unspecified atom stereocenters. The van der Waals surface area contributed by atoms with E-state index in [0.29, 0.717) is 6.42 Å². The fraction of sp³-hybridized carbons (Fsp3) is 0.700. The second-order valence-corrected chi connectivity index (χ2v) is 4.40. The molecule has 17 heavy (non-hydrogen) atoms. The van der Waals surface area contributed by atoms with E-state index in [1.807, 2.05) is 0 Å². The van der Waals surface area contributed by atoms with E-state index in [0.717, 1.165) is 4.90 Å². The van der Waals surface area contributed by atoms with E-state index in [4.69, 9.17) is 5.11 Å². The lowest BCUT2D eigenvalue weighted by molar-refractivity contribution is -0.138. The Bertz CT molecular complexity index is 321. The topological polar surface area (TPSA) is 86.7 Å². The average Bonchev–Trinajstić information content (AvgIpc) is 2.53. The molecule has 1 heterocycles. The smallest absolute Gasteiger partial charge is 0.242 e. The Balaban J connectivity index is 2.25. The maximum Gasteiger partial charge on any atom is 0.242 e. The van der Waals surface area contributed by atoms with Crippen LogP contribution in [0, 0.1) is 0 Å². The van der Waals surface area contributed by atoms with Crippen LogP contribution < -0.4 is 5.32 Å². The Labute approximate surface area is 105 Å². The van der Waals surface area contributed by atoms with Crippen LogP contribution in [0.4, 0.5) is 0 Å². The van der Waals surface area contributed by atoms with E-state index in [2.05, 4.69) is 17.9 Å². The summed E-state index contributed by atoms with van der Waals surface area (Å²) >= 11 is 4.00. The SMILES string of the molecule is O=C(CCCN1C(=O)CC(S)C1=O)NCCO. The minimum absolute atomic E-state index is 0.101. The second kappa shape index (κ2) is 6.61. The lowest BCUT2D eigenvalue weighted by Crippen LogP contribution is -2.33. The molecular formula is C10H16N2O4S. The summed E-state index contributed by atoms with van der Waals surface area (Å²) in [6.45, 7) is 0.372. The van der Waals surface area contributed by atoms with E-state index in [-0.39, 0.29) is 50.3 Å². The van der Waals surface area contributed by atoms with E-state index in [1.54, 1.807) is 0 Å². The third kappa shape index (κ3) is 4.01. The molecule has 1 fully saturated rings. The molecule has 1 saturated heterocycles. The molecule has 0 aromatic rings. The van der Waals surface area contributed by atoms with Gasteiger partial charge in [0.05, 0.1) is 11.9 Å². The third-order valence-corrected chi connectivity index (χ3v) is 2.84. The van der Waals surface area contributed by atoms with Crippen LogP contribution in [-0.4, -0.2) is 52.7 Å². The van der Waals surface area contributed by atoms with Crippen molar-refractivity contribution in [1.29, 1.82) is 0 Å². The van der Waals surface area contributed by atoms with Gasteiger partial charge in [-0.2, -0.15) is 12.6 Å². The van der Waals surface area contributed by atoms with Gasteiger partial charge in [-0.3, -0.25) is 19.3 Å². The van der Waals surface area contributed by atoms with Gasteiger partial charge in [0.2, 0.25) is 17.7 Å². The van der Waals surface area contributed by atoms with Crippen molar-refractivity contribution in [1.82, 2.24) is 10.2 Å². The molecule has 7 heteroatoms. The summed E-state index contributed by atoms with van der Waals surface area (Å²) in [5.74, 6) is -0.708. The summed E-state index contributed by atoms with van der Waals surface area (Å²) in [4.78, 5) is 35.2. The molecule has 3 amide bonds. The van der Waals surface area contributed by atoms with E-state index in [9.17, 15) is 14.4 Å². The van der Waals surface area contributed by atoms with E-state index < -0.39 is 5.25 Å². The van der Waals surface area contributed by atoms with Crippen molar-refractivity contribution in [2.75, 3.05) is 19.7 Å². The van der Waals surface area contributed by atoms with Crippen LogP contribution >= 0.6 is 12.6 Å². The molecule has 0 aliphatic carbocycles. The van der Waals surface area contributed by atoms with Gasteiger partial charge in [-0.1, -0.05) is 0 Å². The maximum absolute atomic E-state index is 11.5. The highest BCUT2D eigenvalue weighted by Gasteiger charge is 2.35. The van der Waals surface area contributed by atoms with Gasteiger partial charge in [-0.05, 0) is 6.42 Å². The standard InChI is InChI=1S/C10H16N2O4S/c13-5-3-11-8(14)2-1-4-12-9(15)6-7(17)10(12)16/h7,13,17H,1-6H2,(H,11,14). The molecule has 0 aromatic heterocycles. The summed E-state index contributed by atoms with van der Waals surface area (Å²) in [7, 11) is 0. The molecule has 0 spiro atoms. The molecule has 1 rings (SSSR count). The number of aliphatic hydroxyl groups excluding tert-OH is 1. The van der Waals surface area contributed by atoms with Gasteiger partial charge in [0.1, 0.15) is 0 Å². The molecule has 0 bridgehead atoms. The van der Waals surface area contributed by atoms with Crippen molar-refractivity contribution < 1.29 is 19.5 Å². The molecule has 1 atom stereocenters. The molecule has 0 radical (unpaired) electrons. The minimum atomic E-state index is -0.536. The lowest BCUT2D eigenvalue weighted by Gasteiger charge is -2.13. The number of nitrogens with one attached hydrogen (secondary N) is 1. The van der Waals surface area contributed by atoms with Crippen LogP contribution in [-0.2, 0) is 14.4 Å². The van der Waals surface area contributed by atoms with Gasteiger partial charge < -0.3 is 10.4 Å². The number of carbonyl (C=O) groups is 3. The first-order valence-corrected chi connectivity index (χ1v) is 5.97. The predicted octanol–water partition coefficient (Wildman–Crippen LogP) is -1.07. The highest BCUT2D eigenvalue weighted by molar-refractivity contribution is 7.81. The normalized spacial score (nSPS) is 19.9. The number of likely N-dealkylation sites (tertiary alicyclic amines) is 1. The van der Waals surface area contributed by atoms with E-state index >= 15 is 0 Å². The van der Waals surface area contributed by atoms with Crippen molar-refractivity contribution >= 4 is 30.4 Å². The van der Waals surface area contributed by atoms with Crippen LogP contribution in [0.5, 0.6) is 0 Å². The summed E-state index contributed by atoms with van der Waals surface area (Å²) in [5, 5.41) is 10.5. The number of hydrogen-bond acceptors (Lipinski definition) is 5. The highest BCUT2D eigenvalue weighted by atomic mass is 32.1. The lowest BCUT2D eigenvalue weighted by atomic mass is 10.3. The van der Waals surface area contributed by atoms with Crippen molar-refractivity contribution in [2.45, 2.75) is 24.5 Å². The van der Waals surface area contributed by atoms with Gasteiger partial charge >= 0.3 is 0 Å². The summed E-state index contributed by atoms with van der Waals surface area (Å²) < 4.78 is 0. The summed E-state index contributed by atoms with van der Waals surface area (Å²) in [6, 6.07) is 0. The van der Waals surface area contributed by atoms with Gasteiger partial charge in [-0.15, -0.1) is 0 Å². The van der Waals surface area contributed by atoms with Gasteiger partial charge in [-0.25, -0.2) is 0 Å². The number of nitrogens with zero attached hydrogens (tertiary/aromatic N) is 1. The van der Waals surface area contributed by atoms with Crippen molar-refractivity contribution in [2.24, 2.45) is 0 Å². The number of amides is 3. The minimum Gasteiger partial charge on any atom is -0.395 e. The fourth-order valence-corrected chi connectivity index (χ4v) is 1.88. The zero-order chi connectivity index (χ0) is 12.8. The molecule has 1 aliphatic rings. The number of rotatable bonds is 6. The molecule has 0 saturated carbocycles. The molecule has 0 aromatic carbocycles. The number of thiol groups is 1. The second-order valence-electron chi connectivity index (χ2n) is 3.78. The predicted molar refractivity (Wildman–Crippen MR) is 63.4 cm³/mol. The third-order valence-electron chi connectivity index (χ3n) is 2.44. The Morgan fingerprint density at radius 2 is 2.24 bits per heavy atom. The van der Waals surface area contributed by atoms with Crippen molar-refractivity contribution in [3.8, 4) is 0 Å². The summed E-state index contributed by atoms with van der Waals surface area (Å²) in [6.07, 6.45) is 0.794. The first kappa shape index (κ1) is 14.0. The Hall–Kier alpha value is -1.08. The molecule has 1 aliphatic heterocycles. The molecule has 2 N–H and O–H groups in total. The van der Waals surface area contributed by atoms with Crippen LogP contribution in [0.2, 0.25) is 0 Å². The number of carbonyl (C=O) groups excluding carboxylic acids is 3. The summed E-state index contributed by atoms with van der Waals surface area (Å²) in [5.41, 5.74) is 0. The zero-order valence-electron chi connectivity index (χ0n) is 9.39. The van der Waals surface area contributed by atoms with Crippen molar-refractivity contribution in [3.63, 3.8) is 0 Å². The largest absolute Gasteiger partial charge is 0.395 e. The zero-order valence-corrected chi connectivity index (χ0v) is 10.3. The highest BCUT2D eigenvalue weighted by Crippen LogP contribution is 2.18. The van der Waals surface area contributed by atoms with Gasteiger partial charge in [0.15, 0.2) is 0 Å². The number of hydrogen-bond donors (Lipinski definition) is 3. The number of aliphatic hydroxyl groups is 1. The van der Waals surface area contributed by atoms with Gasteiger partial charge in [0.25, 0.3) is 0 Å². The fourth-order valence-electron chi connectivity index (χ4n) is 1.58. The average molecular weight is 260 g/mol. The number of imide groups is 1. The quantitative estimate of drug-likeness (QED) is 0.419. The first-order chi connectivity index (χ1) is 8.06.